The van der Waals surface area contributed by atoms with E-state index in [9.17, 15) is 18.8 Å². The van der Waals surface area contributed by atoms with E-state index < -0.39 is 29.8 Å². The number of amides is 3. The number of hydroxylamine groups is 2. The highest BCUT2D eigenvalue weighted by Crippen LogP contribution is 2.31. The fourth-order valence-electron chi connectivity index (χ4n) is 3.16. The van der Waals surface area contributed by atoms with Crippen molar-refractivity contribution in [3.05, 3.63) is 46.4 Å². The highest BCUT2D eigenvalue weighted by atomic mass is 35.5. The van der Waals surface area contributed by atoms with Gasteiger partial charge < -0.3 is 4.74 Å². The number of ether oxygens (including phenoxy) is 1. The van der Waals surface area contributed by atoms with Gasteiger partial charge in [-0.05, 0) is 31.4 Å². The van der Waals surface area contributed by atoms with Crippen molar-refractivity contribution < 1.29 is 28.3 Å². The fourth-order valence-corrected chi connectivity index (χ4v) is 3.32. The van der Waals surface area contributed by atoms with E-state index in [1.165, 1.54) is 17.0 Å². The van der Waals surface area contributed by atoms with Crippen LogP contribution in [0.2, 0.25) is 5.02 Å². The normalized spacial score (nSPS) is 17.3. The number of hydrogen-bond donors (Lipinski definition) is 0. The number of carbonyl (C=O) groups is 3. The molecule has 2 aliphatic rings. The summed E-state index contributed by atoms with van der Waals surface area (Å²) in [4.78, 5) is 44.5. The smallest absolute Gasteiger partial charge is 0.356 e. The number of hydrogen-bond acceptors (Lipinski definition) is 5. The maximum atomic E-state index is 14.5. The van der Waals surface area contributed by atoms with E-state index in [1.807, 2.05) is 6.92 Å². The van der Waals surface area contributed by atoms with Gasteiger partial charge in [-0.2, -0.15) is 0 Å². The predicted octanol–water partition coefficient (Wildman–Crippen LogP) is 4.13. The lowest BCUT2D eigenvalue weighted by Gasteiger charge is -2.22. The molecule has 1 aromatic rings. The number of urea groups is 1. The number of esters is 1. The minimum atomic E-state index is -1.62. The molecule has 1 aromatic carbocycles. The van der Waals surface area contributed by atoms with Gasteiger partial charge in [0.05, 0.1) is 6.61 Å². The lowest BCUT2D eigenvalue weighted by molar-refractivity contribution is -0.195. The Morgan fingerprint density at radius 2 is 2.10 bits per heavy atom. The van der Waals surface area contributed by atoms with Crippen LogP contribution in [0.1, 0.15) is 50.7 Å². The first kappa shape index (κ1) is 21.3. The molecule has 2 heterocycles. The minimum Gasteiger partial charge on any atom is -0.463 e. The van der Waals surface area contributed by atoms with Crippen molar-refractivity contribution in [2.24, 2.45) is 0 Å². The Labute approximate surface area is 172 Å². The van der Waals surface area contributed by atoms with Gasteiger partial charge in [0, 0.05) is 17.1 Å². The summed E-state index contributed by atoms with van der Waals surface area (Å²) >= 11 is 5.79. The average Bonchev–Trinajstić information content (AvgIpc) is 2.94. The summed E-state index contributed by atoms with van der Waals surface area (Å²) in [6.07, 6.45) is 3.83. The van der Waals surface area contributed by atoms with Gasteiger partial charge in [0.1, 0.15) is 11.5 Å². The highest BCUT2D eigenvalue weighted by Gasteiger charge is 2.45. The molecule has 0 saturated carbocycles. The van der Waals surface area contributed by atoms with E-state index >= 15 is 0 Å². The molecule has 7 nitrogen and oxygen atoms in total. The molecule has 0 radical (unpaired) electrons. The molecular formula is C20H22ClFN2O5. The van der Waals surface area contributed by atoms with Crippen LogP contribution in [-0.4, -0.2) is 41.0 Å². The van der Waals surface area contributed by atoms with Crippen LogP contribution in [0.3, 0.4) is 0 Å². The molecule has 3 rings (SSSR count). The van der Waals surface area contributed by atoms with Crippen molar-refractivity contribution in [3.8, 4) is 0 Å². The van der Waals surface area contributed by atoms with Crippen LogP contribution < -0.4 is 0 Å². The van der Waals surface area contributed by atoms with E-state index in [0.29, 0.717) is 30.9 Å². The Morgan fingerprint density at radius 1 is 1.31 bits per heavy atom. The van der Waals surface area contributed by atoms with Crippen molar-refractivity contribution in [1.82, 2.24) is 9.96 Å². The molecular weight excluding hydrogens is 403 g/mol. The topological polar surface area (TPSA) is 76.2 Å². The zero-order chi connectivity index (χ0) is 21.0. The second-order valence-electron chi connectivity index (χ2n) is 6.79. The third kappa shape index (κ3) is 4.59. The second kappa shape index (κ2) is 9.37. The maximum absolute atomic E-state index is 14.5. The number of allylic oxidation sites excluding steroid dienone is 1. The van der Waals surface area contributed by atoms with E-state index in [2.05, 4.69) is 0 Å². The molecule has 1 saturated heterocycles. The molecule has 3 amide bonds. The Kier molecular flexibility index (Phi) is 6.87. The number of imide groups is 1. The first-order valence-corrected chi connectivity index (χ1v) is 9.96. The summed E-state index contributed by atoms with van der Waals surface area (Å²) in [6.45, 7) is 2.50. The minimum absolute atomic E-state index is 0.126. The van der Waals surface area contributed by atoms with E-state index in [-0.39, 0.29) is 22.9 Å². The Hall–Kier alpha value is -2.45. The number of benzene rings is 1. The number of carbonyl (C=O) groups excluding carboxylic acids is 3. The largest absolute Gasteiger partial charge is 0.463 e. The quantitative estimate of drug-likeness (QED) is 0.356. The van der Waals surface area contributed by atoms with Crippen LogP contribution in [0, 0.1) is 5.82 Å². The van der Waals surface area contributed by atoms with Crippen molar-refractivity contribution >= 4 is 29.5 Å². The molecule has 9 heteroatoms. The summed E-state index contributed by atoms with van der Waals surface area (Å²) in [5, 5.41) is 0.639. The van der Waals surface area contributed by atoms with Gasteiger partial charge in [-0.1, -0.05) is 43.5 Å². The van der Waals surface area contributed by atoms with E-state index in [1.54, 1.807) is 6.08 Å². The molecule has 0 aromatic heterocycles. The number of unbranched alkanes of at least 4 members (excludes halogenated alkanes) is 2. The summed E-state index contributed by atoms with van der Waals surface area (Å²) < 4.78 is 19.7. The van der Waals surface area contributed by atoms with Crippen LogP contribution in [-0.2, 0) is 19.2 Å². The van der Waals surface area contributed by atoms with Gasteiger partial charge in [0.25, 0.3) is 0 Å². The van der Waals surface area contributed by atoms with E-state index in [0.717, 1.165) is 18.9 Å². The van der Waals surface area contributed by atoms with Crippen molar-refractivity contribution in [2.75, 3.05) is 13.2 Å². The van der Waals surface area contributed by atoms with Crippen LogP contribution in [0.15, 0.2) is 30.0 Å². The fraction of sp³-hybridized carbons (Fsp3) is 0.450. The molecule has 156 valence electrons. The summed E-state index contributed by atoms with van der Waals surface area (Å²) in [5.41, 5.74) is 0.0298. The summed E-state index contributed by atoms with van der Waals surface area (Å²) in [5.74, 6) is -2.38. The van der Waals surface area contributed by atoms with Crippen molar-refractivity contribution in [2.45, 2.75) is 45.1 Å². The summed E-state index contributed by atoms with van der Waals surface area (Å²) in [6, 6.07) is 2.98. The summed E-state index contributed by atoms with van der Waals surface area (Å²) in [7, 11) is 0. The molecule has 0 aliphatic carbocycles. The zero-order valence-corrected chi connectivity index (χ0v) is 16.8. The molecule has 2 aliphatic heterocycles. The number of nitrogens with zero attached hydrogens (tertiary/aromatic N) is 2. The Bertz CT molecular complexity index is 844. The molecule has 1 fully saturated rings. The first-order valence-electron chi connectivity index (χ1n) is 9.58. The van der Waals surface area contributed by atoms with Gasteiger partial charge in [0.2, 0.25) is 6.10 Å². The second-order valence-corrected chi connectivity index (χ2v) is 7.23. The SMILES string of the molecule is CCCCCOC(=O)C(ON1C(=O)C2=CCCCN2C1=O)c1ccc(Cl)cc1F. The molecule has 29 heavy (non-hydrogen) atoms. The van der Waals surface area contributed by atoms with Crippen molar-refractivity contribution in [3.63, 3.8) is 0 Å². The van der Waals surface area contributed by atoms with Gasteiger partial charge in [0.15, 0.2) is 0 Å². The van der Waals surface area contributed by atoms with Crippen LogP contribution in [0.5, 0.6) is 0 Å². The molecule has 0 bridgehead atoms. The predicted molar refractivity (Wildman–Crippen MR) is 102 cm³/mol. The van der Waals surface area contributed by atoms with Gasteiger partial charge >= 0.3 is 17.9 Å². The Morgan fingerprint density at radius 3 is 2.79 bits per heavy atom. The zero-order valence-electron chi connectivity index (χ0n) is 16.0. The van der Waals surface area contributed by atoms with Gasteiger partial charge in [-0.3, -0.25) is 9.69 Å². The van der Waals surface area contributed by atoms with Crippen LogP contribution >= 0.6 is 11.6 Å². The number of rotatable bonds is 8. The third-order valence-corrected chi connectivity index (χ3v) is 4.92. The first-order chi connectivity index (χ1) is 13.9. The maximum Gasteiger partial charge on any atom is 0.356 e. The lowest BCUT2D eigenvalue weighted by atomic mass is 10.1. The monoisotopic (exact) mass is 424 g/mol. The van der Waals surface area contributed by atoms with E-state index in [4.69, 9.17) is 21.2 Å². The molecule has 0 spiro atoms. The number of fused-ring (bicyclic) bond motifs is 1. The molecule has 1 atom stereocenters. The third-order valence-electron chi connectivity index (χ3n) is 4.68. The van der Waals surface area contributed by atoms with Crippen molar-refractivity contribution in [1.29, 1.82) is 0 Å². The molecule has 0 N–H and O–H groups in total. The number of halogens is 2. The molecule has 1 unspecified atom stereocenters. The van der Waals surface area contributed by atoms with Crippen LogP contribution in [0.4, 0.5) is 9.18 Å². The Balaban J connectivity index is 1.84. The highest BCUT2D eigenvalue weighted by molar-refractivity contribution is 6.30. The average molecular weight is 425 g/mol. The van der Waals surface area contributed by atoms with Gasteiger partial charge in [-0.25, -0.2) is 18.8 Å². The van der Waals surface area contributed by atoms with Crippen LogP contribution in [0.25, 0.3) is 0 Å². The standard InChI is InChI=1S/C20H22ClFN2O5/c1-2-3-6-11-28-19(26)17(14-9-8-13(21)12-15(14)22)29-24-18(25)16-7-4-5-10-23(16)20(24)27/h7-9,12,17H,2-6,10-11H2,1H3. The lowest BCUT2D eigenvalue weighted by Crippen LogP contribution is -2.37. The van der Waals surface area contributed by atoms with Gasteiger partial charge in [-0.15, -0.1) is 5.06 Å².